The summed E-state index contributed by atoms with van der Waals surface area (Å²) in [6.45, 7) is 6.33. The van der Waals surface area contributed by atoms with Crippen molar-refractivity contribution in [3.63, 3.8) is 0 Å². The molecule has 3 heterocycles. The number of carbonyl (C=O) groups excluding carboxylic acids is 2. The number of carbonyl (C=O) groups is 2. The van der Waals surface area contributed by atoms with Gasteiger partial charge in [0.2, 0.25) is 0 Å². The standard InChI is InChI=1S/C24H25BrFN3O3S/c1-23(2,3)24-7-6-15(9-16(11-24)32-22(28)31)29(24)21(30)19-10-17(20(25)33-19)13-4-5-14(12-27)18(26)8-13/h4-5,8,10,15-16H,6-7,9,11H2,1-3H3,(H2,28,31). The second-order valence-corrected chi connectivity index (χ2v) is 12.1. The fraction of sp³-hybridized carbons (Fsp3) is 0.458. The van der Waals surface area contributed by atoms with Crippen LogP contribution < -0.4 is 5.73 Å². The molecule has 4 rings (SSSR count). The van der Waals surface area contributed by atoms with Gasteiger partial charge in [0, 0.05) is 24.4 Å². The molecule has 1 aromatic carbocycles. The van der Waals surface area contributed by atoms with Crippen molar-refractivity contribution in [1.82, 2.24) is 4.90 Å². The second-order valence-electron chi connectivity index (χ2n) is 9.75. The van der Waals surface area contributed by atoms with Crippen molar-refractivity contribution in [2.45, 2.75) is 64.1 Å². The highest BCUT2D eigenvalue weighted by Gasteiger charge is 2.59. The van der Waals surface area contributed by atoms with Crippen LogP contribution in [0.2, 0.25) is 0 Å². The van der Waals surface area contributed by atoms with E-state index in [4.69, 9.17) is 15.7 Å². The van der Waals surface area contributed by atoms with Crippen LogP contribution in [-0.4, -0.2) is 34.6 Å². The van der Waals surface area contributed by atoms with Gasteiger partial charge >= 0.3 is 6.09 Å². The van der Waals surface area contributed by atoms with E-state index in [1.165, 1.54) is 23.5 Å². The van der Waals surface area contributed by atoms with Crippen molar-refractivity contribution in [2.24, 2.45) is 11.1 Å². The molecule has 0 saturated carbocycles. The molecule has 2 fully saturated rings. The number of nitriles is 1. The lowest BCUT2D eigenvalue weighted by Crippen LogP contribution is -2.62. The van der Waals surface area contributed by atoms with Gasteiger partial charge in [-0.1, -0.05) is 26.8 Å². The largest absolute Gasteiger partial charge is 0.446 e. The van der Waals surface area contributed by atoms with Crippen LogP contribution in [0.15, 0.2) is 28.1 Å². The molecule has 6 nitrogen and oxygen atoms in total. The first-order valence-corrected chi connectivity index (χ1v) is 12.4. The minimum absolute atomic E-state index is 0.0221. The minimum atomic E-state index is -0.787. The zero-order valence-corrected chi connectivity index (χ0v) is 21.1. The maximum atomic E-state index is 14.2. The SMILES string of the molecule is CC(C)(C)C12CCC(CC(OC(N)=O)C1)N2C(=O)c1cc(-c2ccc(C#N)c(F)c2)c(Br)s1. The zero-order chi connectivity index (χ0) is 24.1. The van der Waals surface area contributed by atoms with Crippen molar-refractivity contribution in [1.29, 1.82) is 5.26 Å². The number of amides is 2. The van der Waals surface area contributed by atoms with Gasteiger partial charge in [-0.2, -0.15) is 5.26 Å². The van der Waals surface area contributed by atoms with Crippen LogP contribution in [0.3, 0.4) is 0 Å². The molecule has 0 spiro atoms. The van der Waals surface area contributed by atoms with E-state index < -0.39 is 17.4 Å². The van der Waals surface area contributed by atoms with E-state index in [-0.39, 0.29) is 29.0 Å². The van der Waals surface area contributed by atoms with Crippen LogP contribution in [0.4, 0.5) is 9.18 Å². The number of hydrogen-bond donors (Lipinski definition) is 1. The first-order chi connectivity index (χ1) is 15.5. The minimum Gasteiger partial charge on any atom is -0.446 e. The Morgan fingerprint density at radius 1 is 1.36 bits per heavy atom. The Bertz CT molecular complexity index is 1170. The molecule has 0 radical (unpaired) electrons. The molecular formula is C24H25BrFN3O3S. The number of primary amides is 1. The second kappa shape index (κ2) is 8.41. The number of nitrogens with zero attached hydrogens (tertiary/aromatic N) is 2. The van der Waals surface area contributed by atoms with Gasteiger partial charge < -0.3 is 15.4 Å². The summed E-state index contributed by atoms with van der Waals surface area (Å²) in [5, 5.41) is 8.99. The van der Waals surface area contributed by atoms with Crippen molar-refractivity contribution in [3.8, 4) is 17.2 Å². The lowest BCUT2D eigenvalue weighted by molar-refractivity contribution is -0.0580. The Morgan fingerprint density at radius 2 is 2.09 bits per heavy atom. The Kier molecular flexibility index (Phi) is 6.04. The monoisotopic (exact) mass is 533 g/mol. The third-order valence-electron chi connectivity index (χ3n) is 7.01. The number of fused-ring (bicyclic) bond motifs is 2. The summed E-state index contributed by atoms with van der Waals surface area (Å²) in [5.41, 5.74) is 5.85. The third kappa shape index (κ3) is 4.04. The Balaban J connectivity index is 1.69. The summed E-state index contributed by atoms with van der Waals surface area (Å²) >= 11 is 4.84. The van der Waals surface area contributed by atoms with Crippen LogP contribution in [0.5, 0.6) is 0 Å². The predicted octanol–water partition coefficient (Wildman–Crippen LogP) is 5.84. The average molecular weight is 534 g/mol. The highest BCUT2D eigenvalue weighted by molar-refractivity contribution is 9.11. The molecule has 3 atom stereocenters. The lowest BCUT2D eigenvalue weighted by Gasteiger charge is -2.54. The van der Waals surface area contributed by atoms with E-state index >= 15 is 0 Å². The molecule has 2 aromatic rings. The van der Waals surface area contributed by atoms with Gasteiger partial charge in [0.25, 0.3) is 5.91 Å². The Labute approximate surface area is 204 Å². The molecule has 0 aliphatic carbocycles. The molecule has 2 bridgehead atoms. The third-order valence-corrected chi connectivity index (χ3v) is 8.84. The molecule has 1 aromatic heterocycles. The van der Waals surface area contributed by atoms with Crippen LogP contribution in [0.1, 0.15) is 61.7 Å². The average Bonchev–Trinajstić information content (AvgIpc) is 3.22. The van der Waals surface area contributed by atoms with Gasteiger partial charge in [-0.05, 0) is 57.9 Å². The molecular weight excluding hydrogens is 509 g/mol. The van der Waals surface area contributed by atoms with E-state index in [9.17, 15) is 14.0 Å². The summed E-state index contributed by atoms with van der Waals surface area (Å²) in [5.74, 6) is -0.668. The zero-order valence-electron chi connectivity index (χ0n) is 18.7. The summed E-state index contributed by atoms with van der Waals surface area (Å²) in [6, 6.07) is 7.98. The van der Waals surface area contributed by atoms with E-state index in [0.717, 1.165) is 16.6 Å². The number of ether oxygens (including phenoxy) is 1. The van der Waals surface area contributed by atoms with Gasteiger partial charge in [-0.3, -0.25) is 4.79 Å². The van der Waals surface area contributed by atoms with Gasteiger partial charge in [-0.25, -0.2) is 9.18 Å². The van der Waals surface area contributed by atoms with Gasteiger partial charge in [0.1, 0.15) is 18.0 Å². The van der Waals surface area contributed by atoms with E-state index in [1.54, 1.807) is 12.1 Å². The maximum Gasteiger partial charge on any atom is 0.404 e. The van der Waals surface area contributed by atoms with Crippen molar-refractivity contribution in [3.05, 3.63) is 44.3 Å². The van der Waals surface area contributed by atoms with Crippen molar-refractivity contribution in [2.75, 3.05) is 0 Å². The smallest absolute Gasteiger partial charge is 0.404 e. The number of benzene rings is 1. The number of nitrogens with two attached hydrogens (primary N) is 1. The predicted molar refractivity (Wildman–Crippen MR) is 127 cm³/mol. The summed E-state index contributed by atoms with van der Waals surface area (Å²) in [7, 11) is 0. The van der Waals surface area contributed by atoms with E-state index in [2.05, 4.69) is 36.7 Å². The van der Waals surface area contributed by atoms with Gasteiger partial charge in [-0.15, -0.1) is 11.3 Å². The molecule has 2 aliphatic heterocycles. The fourth-order valence-electron chi connectivity index (χ4n) is 5.41. The lowest BCUT2D eigenvalue weighted by atomic mass is 9.67. The van der Waals surface area contributed by atoms with Crippen LogP contribution in [0, 0.1) is 22.6 Å². The summed E-state index contributed by atoms with van der Waals surface area (Å²) in [6.07, 6.45) is 1.66. The van der Waals surface area contributed by atoms with E-state index in [0.29, 0.717) is 28.8 Å². The van der Waals surface area contributed by atoms with Crippen molar-refractivity contribution >= 4 is 39.3 Å². The molecule has 2 aliphatic rings. The van der Waals surface area contributed by atoms with Gasteiger partial charge in [0.05, 0.1) is 19.8 Å². The number of rotatable bonds is 3. The van der Waals surface area contributed by atoms with E-state index in [1.807, 2.05) is 11.0 Å². The van der Waals surface area contributed by atoms with Gasteiger partial charge in [0.15, 0.2) is 0 Å². The molecule has 3 unspecified atom stereocenters. The number of hydrogen-bond acceptors (Lipinski definition) is 5. The van der Waals surface area contributed by atoms with Crippen LogP contribution in [0.25, 0.3) is 11.1 Å². The summed E-state index contributed by atoms with van der Waals surface area (Å²) < 4.78 is 20.3. The quantitative estimate of drug-likeness (QED) is 0.536. The first-order valence-electron chi connectivity index (χ1n) is 10.8. The number of thiophene rings is 1. The number of halogens is 2. The molecule has 2 amide bonds. The Morgan fingerprint density at radius 3 is 2.70 bits per heavy atom. The molecule has 9 heteroatoms. The Hall–Kier alpha value is -2.44. The molecule has 2 N–H and O–H groups in total. The highest BCUT2D eigenvalue weighted by Crippen LogP contribution is 2.54. The van der Waals surface area contributed by atoms with Crippen molar-refractivity contribution < 1.29 is 18.7 Å². The molecule has 33 heavy (non-hydrogen) atoms. The normalized spacial score (nSPS) is 24.4. The fourth-order valence-corrected chi connectivity index (χ4v) is 7.12. The number of piperidine rings is 1. The molecule has 2 saturated heterocycles. The van der Waals surface area contributed by atoms with Crippen LogP contribution in [-0.2, 0) is 4.74 Å². The molecule has 174 valence electrons. The first kappa shape index (κ1) is 23.7. The maximum absolute atomic E-state index is 14.2. The van der Waals surface area contributed by atoms with Crippen LogP contribution >= 0.6 is 27.3 Å². The summed E-state index contributed by atoms with van der Waals surface area (Å²) in [4.78, 5) is 27.8. The highest BCUT2D eigenvalue weighted by atomic mass is 79.9. The topological polar surface area (TPSA) is 96.4 Å².